The molecule has 1 heterocycles. The van der Waals surface area contributed by atoms with Crippen LogP contribution < -0.4 is 0 Å². The number of hydrogen-bond acceptors (Lipinski definition) is 5. The van der Waals surface area contributed by atoms with Gasteiger partial charge in [-0.1, -0.05) is 0 Å². The maximum absolute atomic E-state index is 11.9. The number of hydrogen-bond donors (Lipinski definition) is 0. The van der Waals surface area contributed by atoms with Crippen LogP contribution in [0.2, 0.25) is 0 Å². The van der Waals surface area contributed by atoms with Crippen molar-refractivity contribution in [2.24, 2.45) is 0 Å². The average Bonchev–Trinajstić information content (AvgIpc) is 2.76. The first-order valence-electron chi connectivity index (χ1n) is 5.56. The van der Waals surface area contributed by atoms with Crippen LogP contribution in [0.15, 0.2) is 0 Å². The van der Waals surface area contributed by atoms with Gasteiger partial charge in [-0.05, 0) is 19.8 Å². The third-order valence-electron chi connectivity index (χ3n) is 2.58. The topological polar surface area (TPSA) is 87.5 Å². The highest BCUT2D eigenvalue weighted by molar-refractivity contribution is 7.89. The summed E-state index contributed by atoms with van der Waals surface area (Å²) < 4.78 is 29.6. The summed E-state index contributed by atoms with van der Waals surface area (Å²) in [6, 6.07) is 1.38. The van der Waals surface area contributed by atoms with Crippen LogP contribution in [0.25, 0.3) is 0 Å². The van der Waals surface area contributed by atoms with Crippen molar-refractivity contribution in [2.45, 2.75) is 32.2 Å². The van der Waals surface area contributed by atoms with Gasteiger partial charge in [-0.15, -0.1) is 0 Å². The van der Waals surface area contributed by atoms with E-state index in [1.807, 2.05) is 6.07 Å². The number of esters is 1. The predicted octanol–water partition coefficient (Wildman–Crippen LogP) is 0.257. The average molecular weight is 260 g/mol. The van der Waals surface area contributed by atoms with E-state index in [1.54, 1.807) is 6.92 Å². The second-order valence-corrected chi connectivity index (χ2v) is 5.81. The van der Waals surface area contributed by atoms with E-state index in [2.05, 4.69) is 4.74 Å². The van der Waals surface area contributed by atoms with E-state index >= 15 is 0 Å². The van der Waals surface area contributed by atoms with E-state index in [-0.39, 0.29) is 18.8 Å². The largest absolute Gasteiger partial charge is 0.466 e. The Hall–Kier alpha value is -1.13. The molecule has 17 heavy (non-hydrogen) atoms. The van der Waals surface area contributed by atoms with Gasteiger partial charge < -0.3 is 4.74 Å². The summed E-state index contributed by atoms with van der Waals surface area (Å²) in [4.78, 5) is 11.1. The van der Waals surface area contributed by atoms with E-state index in [0.717, 1.165) is 0 Å². The SMILES string of the molecule is CCOC(=O)CCS(=O)(=O)N1CCCC1C#N. The molecule has 6 nitrogen and oxygen atoms in total. The zero-order valence-electron chi connectivity index (χ0n) is 9.76. The molecule has 1 fully saturated rings. The Balaban J connectivity index is 2.57. The normalized spacial score (nSPS) is 21.1. The van der Waals surface area contributed by atoms with E-state index in [0.29, 0.717) is 19.4 Å². The first-order valence-corrected chi connectivity index (χ1v) is 7.17. The summed E-state index contributed by atoms with van der Waals surface area (Å²) in [6.45, 7) is 2.27. The van der Waals surface area contributed by atoms with Gasteiger partial charge in [-0.25, -0.2) is 8.42 Å². The Morgan fingerprint density at radius 2 is 2.29 bits per heavy atom. The molecule has 1 aliphatic heterocycles. The standard InChI is InChI=1S/C10H16N2O4S/c1-2-16-10(13)5-7-17(14,15)12-6-3-4-9(12)8-11/h9H,2-7H2,1H3. The lowest BCUT2D eigenvalue weighted by molar-refractivity contribution is -0.142. The minimum absolute atomic E-state index is 0.162. The molecule has 1 atom stereocenters. The van der Waals surface area contributed by atoms with Gasteiger partial charge in [0.05, 0.1) is 24.8 Å². The molecule has 0 aliphatic carbocycles. The highest BCUT2D eigenvalue weighted by atomic mass is 32.2. The Morgan fingerprint density at radius 3 is 2.88 bits per heavy atom. The first kappa shape index (κ1) is 13.9. The van der Waals surface area contributed by atoms with Crippen LogP contribution in [0.4, 0.5) is 0 Å². The molecular formula is C10H16N2O4S. The van der Waals surface area contributed by atoms with Crippen LogP contribution in [-0.4, -0.2) is 43.6 Å². The molecule has 0 N–H and O–H groups in total. The second-order valence-electron chi connectivity index (χ2n) is 3.77. The molecule has 1 rings (SSSR count). The van der Waals surface area contributed by atoms with E-state index in [1.165, 1.54) is 4.31 Å². The molecule has 0 radical (unpaired) electrons. The first-order chi connectivity index (χ1) is 8.01. The minimum Gasteiger partial charge on any atom is -0.466 e. The molecule has 0 aromatic rings. The van der Waals surface area contributed by atoms with Crippen LogP contribution >= 0.6 is 0 Å². The van der Waals surface area contributed by atoms with Gasteiger partial charge in [-0.2, -0.15) is 9.57 Å². The molecular weight excluding hydrogens is 244 g/mol. The van der Waals surface area contributed by atoms with Crippen molar-refractivity contribution in [3.8, 4) is 6.07 Å². The highest BCUT2D eigenvalue weighted by Crippen LogP contribution is 2.21. The fourth-order valence-corrected chi connectivity index (χ4v) is 3.37. The van der Waals surface area contributed by atoms with Crippen molar-refractivity contribution < 1.29 is 17.9 Å². The zero-order chi connectivity index (χ0) is 12.9. The third-order valence-corrected chi connectivity index (χ3v) is 4.45. The summed E-state index contributed by atoms with van der Waals surface area (Å²) in [6.07, 6.45) is 1.09. The summed E-state index contributed by atoms with van der Waals surface area (Å²) in [5.41, 5.74) is 0. The zero-order valence-corrected chi connectivity index (χ0v) is 10.6. The fraction of sp³-hybridized carbons (Fsp3) is 0.800. The van der Waals surface area contributed by atoms with Crippen LogP contribution in [0.5, 0.6) is 0 Å². The van der Waals surface area contributed by atoms with Gasteiger partial charge in [0.2, 0.25) is 10.0 Å². The molecule has 0 aromatic heterocycles. The smallest absolute Gasteiger partial charge is 0.306 e. The number of rotatable bonds is 5. The molecule has 0 amide bonds. The summed E-state index contributed by atoms with van der Waals surface area (Å²) >= 11 is 0. The Labute approximate surface area is 101 Å². The van der Waals surface area contributed by atoms with Gasteiger partial charge in [0.15, 0.2) is 0 Å². The van der Waals surface area contributed by atoms with Crippen molar-refractivity contribution in [2.75, 3.05) is 18.9 Å². The molecule has 0 spiro atoms. The quantitative estimate of drug-likeness (QED) is 0.661. The lowest BCUT2D eigenvalue weighted by Crippen LogP contribution is -2.36. The maximum atomic E-state index is 11.9. The maximum Gasteiger partial charge on any atom is 0.306 e. The van der Waals surface area contributed by atoms with E-state index in [9.17, 15) is 13.2 Å². The fourth-order valence-electron chi connectivity index (χ4n) is 1.76. The van der Waals surface area contributed by atoms with Gasteiger partial charge in [0.25, 0.3) is 0 Å². The van der Waals surface area contributed by atoms with Crippen molar-refractivity contribution in [3.63, 3.8) is 0 Å². The van der Waals surface area contributed by atoms with Crippen LogP contribution in [0.3, 0.4) is 0 Å². The van der Waals surface area contributed by atoms with E-state index < -0.39 is 22.0 Å². The van der Waals surface area contributed by atoms with Gasteiger partial charge in [0.1, 0.15) is 6.04 Å². The number of carbonyl (C=O) groups excluding carboxylic acids is 1. The summed E-state index contributed by atoms with van der Waals surface area (Å²) in [7, 11) is -3.52. The molecule has 7 heteroatoms. The summed E-state index contributed by atoms with van der Waals surface area (Å²) in [5.74, 6) is -0.812. The van der Waals surface area contributed by atoms with Gasteiger partial charge in [0, 0.05) is 6.54 Å². The number of nitriles is 1. The highest BCUT2D eigenvalue weighted by Gasteiger charge is 2.34. The third kappa shape index (κ3) is 3.68. The Kier molecular flexibility index (Phi) is 4.90. The van der Waals surface area contributed by atoms with E-state index in [4.69, 9.17) is 5.26 Å². The number of carbonyl (C=O) groups is 1. The van der Waals surface area contributed by atoms with Gasteiger partial charge in [-0.3, -0.25) is 4.79 Å². The van der Waals surface area contributed by atoms with Crippen molar-refractivity contribution in [3.05, 3.63) is 0 Å². The number of ether oxygens (including phenoxy) is 1. The number of nitrogens with zero attached hydrogens (tertiary/aromatic N) is 2. The lowest BCUT2D eigenvalue weighted by atomic mass is 10.2. The molecule has 96 valence electrons. The predicted molar refractivity (Wildman–Crippen MR) is 60.4 cm³/mol. The molecule has 1 saturated heterocycles. The van der Waals surface area contributed by atoms with Crippen molar-refractivity contribution >= 4 is 16.0 Å². The lowest BCUT2D eigenvalue weighted by Gasteiger charge is -2.18. The Morgan fingerprint density at radius 1 is 1.59 bits per heavy atom. The Bertz CT molecular complexity index is 413. The molecule has 0 saturated carbocycles. The minimum atomic E-state index is -3.52. The number of sulfonamides is 1. The van der Waals surface area contributed by atoms with Crippen LogP contribution in [-0.2, 0) is 19.6 Å². The molecule has 0 bridgehead atoms. The van der Waals surface area contributed by atoms with Crippen LogP contribution in [0.1, 0.15) is 26.2 Å². The second kappa shape index (κ2) is 5.98. The van der Waals surface area contributed by atoms with Crippen molar-refractivity contribution in [1.82, 2.24) is 4.31 Å². The molecule has 0 aromatic carbocycles. The monoisotopic (exact) mass is 260 g/mol. The van der Waals surface area contributed by atoms with Crippen molar-refractivity contribution in [1.29, 1.82) is 5.26 Å². The van der Waals surface area contributed by atoms with Gasteiger partial charge >= 0.3 is 5.97 Å². The molecule has 1 unspecified atom stereocenters. The van der Waals surface area contributed by atoms with Crippen LogP contribution in [0, 0.1) is 11.3 Å². The summed E-state index contributed by atoms with van der Waals surface area (Å²) in [5, 5.41) is 8.81. The molecule has 1 aliphatic rings.